The highest BCUT2D eigenvalue weighted by Gasteiger charge is 2.24. The third-order valence-corrected chi connectivity index (χ3v) is 5.33. The van der Waals surface area contributed by atoms with Crippen molar-refractivity contribution in [2.75, 3.05) is 6.54 Å². The van der Waals surface area contributed by atoms with E-state index in [1.54, 1.807) is 0 Å². The molecule has 24 heavy (non-hydrogen) atoms. The molecule has 1 heterocycles. The molecule has 1 aromatic rings. The average Bonchev–Trinajstić information content (AvgIpc) is 2.80. The molecule has 1 aromatic heterocycles. The van der Waals surface area contributed by atoms with Crippen molar-refractivity contribution in [3.63, 3.8) is 0 Å². The van der Waals surface area contributed by atoms with E-state index in [9.17, 15) is 4.79 Å². The second-order valence-electron chi connectivity index (χ2n) is 7.70. The van der Waals surface area contributed by atoms with Gasteiger partial charge in [-0.05, 0) is 51.5 Å². The number of aromatic nitrogens is 2. The Hall–Kier alpha value is -1.32. The van der Waals surface area contributed by atoms with Crippen LogP contribution in [0.5, 0.6) is 0 Å². The maximum absolute atomic E-state index is 12.8. The number of aryl methyl sites for hydroxylation is 1. The maximum atomic E-state index is 12.8. The van der Waals surface area contributed by atoms with Crippen molar-refractivity contribution in [3.05, 3.63) is 17.0 Å². The van der Waals surface area contributed by atoms with Crippen molar-refractivity contribution in [1.29, 1.82) is 0 Å². The molecule has 0 spiro atoms. The fourth-order valence-corrected chi connectivity index (χ4v) is 4.03. The number of carbonyl (C=O) groups excluding carboxylic acids is 1. The van der Waals surface area contributed by atoms with Crippen LogP contribution in [0.3, 0.4) is 0 Å². The Kier molecular flexibility index (Phi) is 6.88. The Labute approximate surface area is 147 Å². The predicted octanol–water partition coefficient (Wildman–Crippen LogP) is 4.27. The summed E-state index contributed by atoms with van der Waals surface area (Å²) in [7, 11) is 0. The zero-order valence-corrected chi connectivity index (χ0v) is 16.3. The molecule has 0 N–H and O–H groups in total. The largest absolute Gasteiger partial charge is 0.340 e. The minimum absolute atomic E-state index is 0.319. The standard InChI is InChI=1S/C20H35N3O/c1-6-22(18-10-8-7-9-11-18)20(24)13-12-19-16(4)21-23(17(19)5)14-15(2)3/h15,18H,6-14H2,1-5H3. The first kappa shape index (κ1) is 19.0. The van der Waals surface area contributed by atoms with Crippen LogP contribution in [-0.2, 0) is 17.8 Å². The summed E-state index contributed by atoms with van der Waals surface area (Å²) in [6.07, 6.45) is 7.67. The quantitative estimate of drug-likeness (QED) is 0.747. The smallest absolute Gasteiger partial charge is 0.223 e. The first-order valence-electron chi connectivity index (χ1n) is 9.76. The zero-order chi connectivity index (χ0) is 17.7. The maximum Gasteiger partial charge on any atom is 0.223 e. The lowest BCUT2D eigenvalue weighted by Crippen LogP contribution is -2.41. The van der Waals surface area contributed by atoms with Gasteiger partial charge in [0.15, 0.2) is 0 Å². The van der Waals surface area contributed by atoms with E-state index in [-0.39, 0.29) is 0 Å². The second kappa shape index (κ2) is 8.68. The molecule has 0 unspecified atom stereocenters. The molecular weight excluding hydrogens is 298 g/mol. The molecule has 0 saturated heterocycles. The molecular formula is C20H35N3O. The van der Waals surface area contributed by atoms with E-state index in [0.717, 1.165) is 25.2 Å². The average molecular weight is 334 g/mol. The van der Waals surface area contributed by atoms with Crippen LogP contribution in [0.25, 0.3) is 0 Å². The van der Waals surface area contributed by atoms with Crippen LogP contribution in [0.15, 0.2) is 0 Å². The van der Waals surface area contributed by atoms with E-state index in [2.05, 4.69) is 49.3 Å². The fraction of sp³-hybridized carbons (Fsp3) is 0.800. The number of amides is 1. The van der Waals surface area contributed by atoms with Gasteiger partial charge in [-0.2, -0.15) is 5.10 Å². The molecule has 4 heteroatoms. The van der Waals surface area contributed by atoms with Crippen molar-refractivity contribution >= 4 is 5.91 Å². The van der Waals surface area contributed by atoms with Gasteiger partial charge in [-0.25, -0.2) is 0 Å². The van der Waals surface area contributed by atoms with Gasteiger partial charge in [0.05, 0.1) is 5.69 Å². The summed E-state index contributed by atoms with van der Waals surface area (Å²) in [4.78, 5) is 14.9. The number of rotatable bonds is 7. The Morgan fingerprint density at radius 3 is 2.50 bits per heavy atom. The van der Waals surface area contributed by atoms with Gasteiger partial charge in [0.25, 0.3) is 0 Å². The van der Waals surface area contributed by atoms with Gasteiger partial charge in [-0.3, -0.25) is 9.48 Å². The summed E-state index contributed by atoms with van der Waals surface area (Å²) < 4.78 is 2.11. The third-order valence-electron chi connectivity index (χ3n) is 5.33. The molecule has 0 atom stereocenters. The first-order valence-corrected chi connectivity index (χ1v) is 9.76. The Bertz CT molecular complexity index is 541. The first-order chi connectivity index (χ1) is 11.4. The molecule has 4 nitrogen and oxygen atoms in total. The highest BCUT2D eigenvalue weighted by atomic mass is 16.2. The van der Waals surface area contributed by atoms with Crippen molar-refractivity contribution in [1.82, 2.24) is 14.7 Å². The molecule has 1 amide bonds. The van der Waals surface area contributed by atoms with Crippen LogP contribution in [0.2, 0.25) is 0 Å². The highest BCUT2D eigenvalue weighted by molar-refractivity contribution is 5.76. The van der Waals surface area contributed by atoms with Gasteiger partial charge in [0, 0.05) is 31.2 Å². The van der Waals surface area contributed by atoms with Gasteiger partial charge < -0.3 is 4.90 Å². The molecule has 1 saturated carbocycles. The zero-order valence-electron chi connectivity index (χ0n) is 16.3. The van der Waals surface area contributed by atoms with Gasteiger partial charge >= 0.3 is 0 Å². The molecule has 1 aliphatic rings. The highest BCUT2D eigenvalue weighted by Crippen LogP contribution is 2.24. The van der Waals surface area contributed by atoms with Crippen LogP contribution >= 0.6 is 0 Å². The van der Waals surface area contributed by atoms with E-state index in [0.29, 0.717) is 24.3 Å². The van der Waals surface area contributed by atoms with Crippen molar-refractivity contribution in [2.45, 2.75) is 92.2 Å². The summed E-state index contributed by atoms with van der Waals surface area (Å²) in [5.74, 6) is 0.902. The third kappa shape index (κ3) is 4.61. The minimum Gasteiger partial charge on any atom is -0.340 e. The number of nitrogens with zero attached hydrogens (tertiary/aromatic N) is 3. The molecule has 0 bridgehead atoms. The van der Waals surface area contributed by atoms with Crippen LogP contribution in [-0.4, -0.2) is 33.2 Å². The lowest BCUT2D eigenvalue weighted by Gasteiger charge is -2.33. The van der Waals surface area contributed by atoms with E-state index < -0.39 is 0 Å². The summed E-state index contributed by atoms with van der Waals surface area (Å²) in [5, 5.41) is 4.67. The molecule has 2 rings (SSSR count). The van der Waals surface area contributed by atoms with Crippen LogP contribution in [0.1, 0.15) is 76.2 Å². The Balaban J connectivity index is 1.98. The van der Waals surface area contributed by atoms with Gasteiger partial charge in [-0.1, -0.05) is 33.1 Å². The summed E-state index contributed by atoms with van der Waals surface area (Å²) in [5.41, 5.74) is 3.58. The lowest BCUT2D eigenvalue weighted by molar-refractivity contribution is -0.133. The molecule has 1 aliphatic carbocycles. The topological polar surface area (TPSA) is 38.1 Å². The van der Waals surface area contributed by atoms with E-state index >= 15 is 0 Å². The Morgan fingerprint density at radius 1 is 1.25 bits per heavy atom. The van der Waals surface area contributed by atoms with Gasteiger partial charge in [0.1, 0.15) is 0 Å². The summed E-state index contributed by atoms with van der Waals surface area (Å²) in [6.45, 7) is 12.5. The second-order valence-corrected chi connectivity index (χ2v) is 7.70. The predicted molar refractivity (Wildman–Crippen MR) is 99.1 cm³/mol. The van der Waals surface area contributed by atoms with Crippen molar-refractivity contribution in [3.8, 4) is 0 Å². The van der Waals surface area contributed by atoms with Crippen molar-refractivity contribution < 1.29 is 4.79 Å². The fourth-order valence-electron chi connectivity index (χ4n) is 4.03. The minimum atomic E-state index is 0.319. The summed E-state index contributed by atoms with van der Waals surface area (Å²) in [6, 6.07) is 0.474. The van der Waals surface area contributed by atoms with Crippen LogP contribution < -0.4 is 0 Å². The number of hydrogen-bond donors (Lipinski definition) is 0. The van der Waals surface area contributed by atoms with E-state index in [1.165, 1.54) is 43.4 Å². The normalized spacial score (nSPS) is 15.9. The summed E-state index contributed by atoms with van der Waals surface area (Å²) >= 11 is 0. The van der Waals surface area contributed by atoms with Crippen molar-refractivity contribution in [2.24, 2.45) is 5.92 Å². The molecule has 136 valence electrons. The lowest BCUT2D eigenvalue weighted by atomic mass is 9.93. The molecule has 0 aliphatic heterocycles. The molecule has 0 aromatic carbocycles. The number of carbonyl (C=O) groups is 1. The Morgan fingerprint density at radius 2 is 1.92 bits per heavy atom. The SMILES string of the molecule is CCN(C(=O)CCc1c(C)nn(CC(C)C)c1C)C1CCCCC1. The number of hydrogen-bond acceptors (Lipinski definition) is 2. The van der Waals surface area contributed by atoms with E-state index in [1.807, 2.05) is 0 Å². The van der Waals surface area contributed by atoms with E-state index in [4.69, 9.17) is 0 Å². The van der Waals surface area contributed by atoms with Crippen LogP contribution in [0, 0.1) is 19.8 Å². The molecule has 0 radical (unpaired) electrons. The monoisotopic (exact) mass is 333 g/mol. The van der Waals surface area contributed by atoms with Gasteiger partial charge in [-0.15, -0.1) is 0 Å². The van der Waals surface area contributed by atoms with Gasteiger partial charge in [0.2, 0.25) is 5.91 Å². The molecule has 1 fully saturated rings. The van der Waals surface area contributed by atoms with Crippen LogP contribution in [0.4, 0.5) is 0 Å².